The molecule has 0 aromatic heterocycles. The van der Waals surface area contributed by atoms with E-state index in [2.05, 4.69) is 30.6 Å². The average Bonchev–Trinajstić information content (AvgIpc) is 2.45. The first kappa shape index (κ1) is 15.6. The Morgan fingerprint density at radius 2 is 1.81 bits per heavy atom. The molecule has 0 radical (unpaired) electrons. The molecule has 0 amide bonds. The lowest BCUT2D eigenvalue weighted by Gasteiger charge is -2.43. The smallest absolute Gasteiger partial charge is 0.340 e. The Hall–Kier alpha value is -1.75. The van der Waals surface area contributed by atoms with Crippen LogP contribution < -0.4 is 10.6 Å². The zero-order valence-electron chi connectivity index (χ0n) is 13.3. The molecule has 2 rings (SSSR count). The summed E-state index contributed by atoms with van der Waals surface area (Å²) < 4.78 is 4.87. The van der Waals surface area contributed by atoms with E-state index in [0.717, 1.165) is 31.9 Å². The summed E-state index contributed by atoms with van der Waals surface area (Å²) in [6, 6.07) is 5.43. The number of carbonyl (C=O) groups is 1. The summed E-state index contributed by atoms with van der Waals surface area (Å²) in [5, 5.41) is 0. The lowest BCUT2D eigenvalue weighted by molar-refractivity contribution is 0.0601. The van der Waals surface area contributed by atoms with Crippen molar-refractivity contribution in [3.8, 4) is 0 Å². The van der Waals surface area contributed by atoms with Crippen LogP contribution in [-0.4, -0.2) is 49.7 Å². The number of hydrogen-bond donors (Lipinski definition) is 1. The van der Waals surface area contributed by atoms with Gasteiger partial charge in [-0.25, -0.2) is 4.79 Å². The summed E-state index contributed by atoms with van der Waals surface area (Å²) in [5.41, 5.74) is 8.00. The molecule has 0 saturated carbocycles. The van der Waals surface area contributed by atoms with Crippen LogP contribution in [0.2, 0.25) is 0 Å². The van der Waals surface area contributed by atoms with Crippen LogP contribution >= 0.6 is 0 Å². The van der Waals surface area contributed by atoms with E-state index in [0.29, 0.717) is 11.3 Å². The topological polar surface area (TPSA) is 58.8 Å². The molecule has 21 heavy (non-hydrogen) atoms. The molecule has 1 aliphatic rings. The Balaban J connectivity index is 2.19. The van der Waals surface area contributed by atoms with Crippen LogP contribution in [-0.2, 0) is 4.74 Å². The number of anilines is 2. The Morgan fingerprint density at radius 1 is 1.19 bits per heavy atom. The highest BCUT2D eigenvalue weighted by molar-refractivity contribution is 5.97. The second kappa shape index (κ2) is 5.93. The Bertz CT molecular complexity index is 515. The maximum absolute atomic E-state index is 11.9. The number of methoxy groups -OCH3 is 1. The third-order valence-electron chi connectivity index (χ3n) is 3.99. The summed E-state index contributed by atoms with van der Waals surface area (Å²) in [5.74, 6) is -0.337. The van der Waals surface area contributed by atoms with E-state index in [1.54, 1.807) is 6.07 Å². The second-order valence-corrected chi connectivity index (χ2v) is 6.41. The molecule has 116 valence electrons. The molecule has 0 unspecified atom stereocenters. The van der Waals surface area contributed by atoms with E-state index in [-0.39, 0.29) is 11.5 Å². The molecule has 0 aliphatic carbocycles. The van der Waals surface area contributed by atoms with Crippen molar-refractivity contribution < 1.29 is 9.53 Å². The van der Waals surface area contributed by atoms with Crippen molar-refractivity contribution >= 4 is 17.3 Å². The van der Waals surface area contributed by atoms with Crippen LogP contribution in [0.5, 0.6) is 0 Å². The first-order chi connectivity index (χ1) is 9.82. The largest absolute Gasteiger partial charge is 0.465 e. The molecule has 1 heterocycles. The lowest BCUT2D eigenvalue weighted by Crippen LogP contribution is -2.53. The highest BCUT2D eigenvalue weighted by atomic mass is 16.5. The molecule has 1 aromatic carbocycles. The van der Waals surface area contributed by atoms with Gasteiger partial charge in [-0.2, -0.15) is 0 Å². The van der Waals surface area contributed by atoms with Gasteiger partial charge < -0.3 is 15.4 Å². The number of nitrogen functional groups attached to an aromatic ring is 1. The number of ether oxygens (including phenoxy) is 1. The van der Waals surface area contributed by atoms with Gasteiger partial charge in [0.25, 0.3) is 0 Å². The van der Waals surface area contributed by atoms with E-state index < -0.39 is 0 Å². The second-order valence-electron chi connectivity index (χ2n) is 6.41. The molecular formula is C16H25N3O2. The van der Waals surface area contributed by atoms with Gasteiger partial charge in [-0.3, -0.25) is 4.90 Å². The molecule has 1 aliphatic heterocycles. The van der Waals surface area contributed by atoms with Crippen molar-refractivity contribution in [1.82, 2.24) is 4.90 Å². The minimum atomic E-state index is -0.337. The first-order valence-electron chi connectivity index (χ1n) is 7.31. The molecule has 0 atom stereocenters. The van der Waals surface area contributed by atoms with Crippen molar-refractivity contribution in [2.75, 3.05) is 43.9 Å². The Labute approximate surface area is 126 Å². The molecule has 0 spiro atoms. The standard InChI is InChI=1S/C16H25N3O2/c1-16(2,3)19-9-7-18(8-10-19)14-6-5-12(17)11-13(14)15(20)21-4/h5-6,11H,7-10,17H2,1-4H3. The monoisotopic (exact) mass is 291 g/mol. The summed E-state index contributed by atoms with van der Waals surface area (Å²) in [6.45, 7) is 10.4. The minimum absolute atomic E-state index is 0.179. The normalized spacial score (nSPS) is 16.9. The van der Waals surface area contributed by atoms with Gasteiger partial charge in [0.2, 0.25) is 0 Å². The van der Waals surface area contributed by atoms with Crippen molar-refractivity contribution in [3.05, 3.63) is 23.8 Å². The molecule has 1 aromatic rings. The lowest BCUT2D eigenvalue weighted by atomic mass is 10.0. The van der Waals surface area contributed by atoms with Crippen molar-refractivity contribution in [2.45, 2.75) is 26.3 Å². The minimum Gasteiger partial charge on any atom is -0.465 e. The fraction of sp³-hybridized carbons (Fsp3) is 0.562. The van der Waals surface area contributed by atoms with E-state index >= 15 is 0 Å². The zero-order chi connectivity index (χ0) is 15.6. The van der Waals surface area contributed by atoms with Gasteiger partial charge >= 0.3 is 5.97 Å². The zero-order valence-corrected chi connectivity index (χ0v) is 13.3. The highest BCUT2D eigenvalue weighted by Gasteiger charge is 2.27. The molecule has 5 heteroatoms. The Morgan fingerprint density at radius 3 is 2.33 bits per heavy atom. The third kappa shape index (κ3) is 3.47. The van der Waals surface area contributed by atoms with Gasteiger partial charge in [0.05, 0.1) is 18.4 Å². The van der Waals surface area contributed by atoms with Crippen LogP contribution in [0.25, 0.3) is 0 Å². The molecule has 5 nitrogen and oxygen atoms in total. The fourth-order valence-corrected chi connectivity index (χ4v) is 2.72. The average molecular weight is 291 g/mol. The van der Waals surface area contributed by atoms with E-state index in [1.165, 1.54) is 7.11 Å². The van der Waals surface area contributed by atoms with Crippen molar-refractivity contribution in [3.63, 3.8) is 0 Å². The molecule has 1 fully saturated rings. The van der Waals surface area contributed by atoms with Crippen LogP contribution in [0.3, 0.4) is 0 Å². The Kier molecular flexibility index (Phi) is 4.42. The van der Waals surface area contributed by atoms with E-state index in [1.807, 2.05) is 12.1 Å². The van der Waals surface area contributed by atoms with Gasteiger partial charge in [0, 0.05) is 37.4 Å². The summed E-state index contributed by atoms with van der Waals surface area (Å²) in [7, 11) is 1.40. The van der Waals surface area contributed by atoms with Crippen LogP contribution in [0.4, 0.5) is 11.4 Å². The number of piperazine rings is 1. The fourth-order valence-electron chi connectivity index (χ4n) is 2.72. The number of benzene rings is 1. The van der Waals surface area contributed by atoms with Gasteiger partial charge in [-0.05, 0) is 39.0 Å². The first-order valence-corrected chi connectivity index (χ1v) is 7.31. The maximum Gasteiger partial charge on any atom is 0.340 e. The summed E-state index contributed by atoms with van der Waals surface area (Å²) in [6.07, 6.45) is 0. The SMILES string of the molecule is COC(=O)c1cc(N)ccc1N1CCN(C(C)(C)C)CC1. The quantitative estimate of drug-likeness (QED) is 0.667. The van der Waals surface area contributed by atoms with Gasteiger partial charge in [-0.1, -0.05) is 0 Å². The summed E-state index contributed by atoms with van der Waals surface area (Å²) >= 11 is 0. The van der Waals surface area contributed by atoms with Crippen LogP contribution in [0.1, 0.15) is 31.1 Å². The summed E-state index contributed by atoms with van der Waals surface area (Å²) in [4.78, 5) is 16.6. The van der Waals surface area contributed by atoms with Crippen molar-refractivity contribution in [2.24, 2.45) is 0 Å². The van der Waals surface area contributed by atoms with Crippen molar-refractivity contribution in [1.29, 1.82) is 0 Å². The van der Waals surface area contributed by atoms with Gasteiger partial charge in [0.15, 0.2) is 0 Å². The third-order valence-corrected chi connectivity index (χ3v) is 3.99. The van der Waals surface area contributed by atoms with Gasteiger partial charge in [0.1, 0.15) is 0 Å². The van der Waals surface area contributed by atoms with Crippen LogP contribution in [0.15, 0.2) is 18.2 Å². The van der Waals surface area contributed by atoms with E-state index in [9.17, 15) is 4.79 Å². The number of hydrogen-bond acceptors (Lipinski definition) is 5. The predicted octanol–water partition coefficient (Wildman–Crippen LogP) is 1.98. The van der Waals surface area contributed by atoms with Crippen LogP contribution in [0, 0.1) is 0 Å². The van der Waals surface area contributed by atoms with Gasteiger partial charge in [-0.15, -0.1) is 0 Å². The highest BCUT2D eigenvalue weighted by Crippen LogP contribution is 2.26. The number of carbonyl (C=O) groups excluding carboxylic acids is 1. The maximum atomic E-state index is 11.9. The predicted molar refractivity (Wildman–Crippen MR) is 85.7 cm³/mol. The molecular weight excluding hydrogens is 266 g/mol. The molecule has 1 saturated heterocycles. The number of nitrogens with zero attached hydrogens (tertiary/aromatic N) is 2. The number of nitrogens with two attached hydrogens (primary N) is 1. The number of rotatable bonds is 2. The molecule has 0 bridgehead atoms. The van der Waals surface area contributed by atoms with E-state index in [4.69, 9.17) is 10.5 Å². The molecule has 2 N–H and O–H groups in total. The number of esters is 1.